The van der Waals surface area contributed by atoms with Gasteiger partial charge in [-0.2, -0.15) is 0 Å². The van der Waals surface area contributed by atoms with Gasteiger partial charge >= 0.3 is 6.03 Å². The molecule has 0 unspecified atom stereocenters. The average Bonchev–Trinajstić information content (AvgIpc) is 3.13. The van der Waals surface area contributed by atoms with Crippen molar-refractivity contribution in [3.05, 3.63) is 47.9 Å². The highest BCUT2D eigenvalue weighted by molar-refractivity contribution is 5.88. The Balaban J connectivity index is 1.43. The second-order valence-electron chi connectivity index (χ2n) is 7.85. The second-order valence-corrected chi connectivity index (χ2v) is 7.85. The van der Waals surface area contributed by atoms with Crippen LogP contribution >= 0.6 is 0 Å². The number of ether oxygens (including phenoxy) is 1. The van der Waals surface area contributed by atoms with E-state index >= 15 is 0 Å². The summed E-state index contributed by atoms with van der Waals surface area (Å²) in [5.74, 6) is 1.70. The maximum atomic E-state index is 12.9. The summed E-state index contributed by atoms with van der Waals surface area (Å²) in [5.41, 5.74) is 2.92. The minimum Gasteiger partial charge on any atom is -0.497 e. The maximum absolute atomic E-state index is 12.9. The summed E-state index contributed by atoms with van der Waals surface area (Å²) in [7, 11) is 1.64. The number of nitrogens with zero attached hydrogens (tertiary/aromatic N) is 4. The molecule has 3 heterocycles. The minimum absolute atomic E-state index is 0.0530. The molecule has 1 fully saturated rings. The summed E-state index contributed by atoms with van der Waals surface area (Å²) < 4.78 is 5.29. The molecule has 0 radical (unpaired) electrons. The van der Waals surface area contributed by atoms with Gasteiger partial charge in [0.1, 0.15) is 23.5 Å². The number of aromatic amines is 1. The minimum atomic E-state index is -0.109. The van der Waals surface area contributed by atoms with Crippen LogP contribution in [0, 0.1) is 6.92 Å². The molecule has 0 spiro atoms. The van der Waals surface area contributed by atoms with Gasteiger partial charge in [-0.05, 0) is 44.5 Å². The molecule has 3 aromatic rings. The van der Waals surface area contributed by atoms with E-state index in [-0.39, 0.29) is 18.1 Å². The quantitative estimate of drug-likeness (QED) is 0.692. The molecule has 8 nitrogen and oxygen atoms in total. The van der Waals surface area contributed by atoms with Crippen molar-refractivity contribution in [3.63, 3.8) is 0 Å². The lowest BCUT2D eigenvalue weighted by Crippen LogP contribution is -2.57. The fourth-order valence-corrected chi connectivity index (χ4v) is 4.02. The number of nitrogens with one attached hydrogen (secondary N) is 2. The van der Waals surface area contributed by atoms with Gasteiger partial charge in [0, 0.05) is 31.4 Å². The number of anilines is 1. The maximum Gasteiger partial charge on any atom is 0.318 e. The summed E-state index contributed by atoms with van der Waals surface area (Å²) in [5, 5.41) is 4.14. The first-order valence-corrected chi connectivity index (χ1v) is 10.2. The van der Waals surface area contributed by atoms with Crippen LogP contribution in [0.4, 0.5) is 10.6 Å². The molecule has 1 aliphatic heterocycles. The number of aryl methyl sites for hydroxylation is 1. The van der Waals surface area contributed by atoms with E-state index in [1.54, 1.807) is 13.4 Å². The lowest BCUT2D eigenvalue weighted by molar-refractivity contribution is 0.168. The number of amides is 2. The number of carbonyl (C=O) groups is 1. The van der Waals surface area contributed by atoms with Gasteiger partial charge in [0.2, 0.25) is 0 Å². The first-order valence-electron chi connectivity index (χ1n) is 10.2. The molecular weight excluding hydrogens is 380 g/mol. The van der Waals surface area contributed by atoms with E-state index in [2.05, 4.69) is 38.2 Å². The molecule has 30 heavy (non-hydrogen) atoms. The lowest BCUT2D eigenvalue weighted by atomic mass is 10.1. The van der Waals surface area contributed by atoms with Crippen molar-refractivity contribution in [1.29, 1.82) is 0 Å². The predicted octanol–water partition coefficient (Wildman–Crippen LogP) is 3.26. The molecule has 158 valence electrons. The summed E-state index contributed by atoms with van der Waals surface area (Å²) in [6, 6.07) is 9.74. The highest BCUT2D eigenvalue weighted by atomic mass is 16.5. The number of methoxy groups -OCH3 is 1. The van der Waals surface area contributed by atoms with Gasteiger partial charge in [-0.15, -0.1) is 0 Å². The monoisotopic (exact) mass is 408 g/mol. The van der Waals surface area contributed by atoms with E-state index in [9.17, 15) is 4.79 Å². The summed E-state index contributed by atoms with van der Waals surface area (Å²) in [6.07, 6.45) is 1.59. The molecule has 0 saturated carbocycles. The van der Waals surface area contributed by atoms with Crippen LogP contribution < -0.4 is 15.0 Å². The van der Waals surface area contributed by atoms with Gasteiger partial charge in [0.15, 0.2) is 0 Å². The first kappa shape index (κ1) is 20.0. The zero-order valence-electron chi connectivity index (χ0n) is 17.8. The fourth-order valence-electron chi connectivity index (χ4n) is 4.02. The van der Waals surface area contributed by atoms with E-state index < -0.39 is 0 Å². The van der Waals surface area contributed by atoms with Gasteiger partial charge in [-0.1, -0.05) is 12.1 Å². The summed E-state index contributed by atoms with van der Waals surface area (Å²) in [6.45, 7) is 8.15. The first-order chi connectivity index (χ1) is 14.5. The molecule has 4 rings (SSSR count). The van der Waals surface area contributed by atoms with Crippen LogP contribution in [0.2, 0.25) is 0 Å². The Morgan fingerprint density at radius 2 is 2.13 bits per heavy atom. The van der Waals surface area contributed by atoms with Gasteiger partial charge in [0.05, 0.1) is 18.5 Å². The lowest BCUT2D eigenvalue weighted by Gasteiger charge is -2.40. The average molecular weight is 409 g/mol. The number of benzene rings is 1. The van der Waals surface area contributed by atoms with E-state index in [0.717, 1.165) is 46.9 Å². The van der Waals surface area contributed by atoms with Gasteiger partial charge in [-0.3, -0.25) is 0 Å². The highest BCUT2D eigenvalue weighted by Gasteiger charge is 2.29. The molecular formula is C22H28N6O2. The van der Waals surface area contributed by atoms with E-state index in [1.165, 1.54) is 0 Å². The third-order valence-corrected chi connectivity index (χ3v) is 5.66. The third kappa shape index (κ3) is 3.90. The molecule has 2 atom stereocenters. The van der Waals surface area contributed by atoms with Crippen LogP contribution in [0.3, 0.4) is 0 Å². The molecule has 1 saturated heterocycles. The van der Waals surface area contributed by atoms with Crippen LogP contribution in [-0.4, -0.2) is 58.7 Å². The molecule has 2 aromatic heterocycles. The molecule has 2 N–H and O–H groups in total. The van der Waals surface area contributed by atoms with Crippen molar-refractivity contribution in [2.24, 2.45) is 0 Å². The molecule has 0 aliphatic carbocycles. The Labute approximate surface area is 176 Å². The van der Waals surface area contributed by atoms with Gasteiger partial charge in [0.25, 0.3) is 0 Å². The summed E-state index contributed by atoms with van der Waals surface area (Å²) in [4.78, 5) is 29.2. The number of carbonyl (C=O) groups excluding carboxylic acids is 1. The number of H-pyrrole nitrogens is 1. The Hall–Kier alpha value is -3.29. The van der Waals surface area contributed by atoms with Crippen LogP contribution in [-0.2, 0) is 0 Å². The molecule has 1 aliphatic rings. The van der Waals surface area contributed by atoms with Crippen molar-refractivity contribution in [3.8, 4) is 5.75 Å². The molecule has 8 heteroatoms. The normalized spacial score (nSPS) is 17.8. The highest BCUT2D eigenvalue weighted by Crippen LogP contribution is 2.26. The number of hydrogen-bond acceptors (Lipinski definition) is 5. The van der Waals surface area contributed by atoms with Gasteiger partial charge < -0.3 is 24.8 Å². The third-order valence-electron chi connectivity index (χ3n) is 5.66. The van der Waals surface area contributed by atoms with E-state index in [0.29, 0.717) is 6.54 Å². The van der Waals surface area contributed by atoms with Crippen molar-refractivity contribution in [2.45, 2.75) is 32.9 Å². The number of hydrogen-bond donors (Lipinski definition) is 2. The molecule has 2 amide bonds. The van der Waals surface area contributed by atoms with Crippen LogP contribution in [0.15, 0.2) is 36.7 Å². The summed E-state index contributed by atoms with van der Waals surface area (Å²) >= 11 is 0. The Morgan fingerprint density at radius 3 is 2.90 bits per heavy atom. The zero-order valence-corrected chi connectivity index (χ0v) is 17.8. The van der Waals surface area contributed by atoms with Gasteiger partial charge in [-0.25, -0.2) is 14.8 Å². The Morgan fingerprint density at radius 1 is 1.30 bits per heavy atom. The number of aromatic nitrogens is 3. The van der Waals surface area contributed by atoms with Crippen molar-refractivity contribution in [2.75, 3.05) is 31.6 Å². The van der Waals surface area contributed by atoms with Crippen molar-refractivity contribution >= 4 is 22.9 Å². The fraction of sp³-hybridized carbons (Fsp3) is 0.409. The van der Waals surface area contributed by atoms with E-state index in [4.69, 9.17) is 4.74 Å². The number of piperazine rings is 1. The van der Waals surface area contributed by atoms with E-state index in [1.807, 2.05) is 43.0 Å². The smallest absolute Gasteiger partial charge is 0.318 e. The predicted molar refractivity (Wildman–Crippen MR) is 117 cm³/mol. The Bertz CT molecular complexity index is 1050. The molecule has 0 bridgehead atoms. The number of fused-ring (bicyclic) bond motifs is 1. The zero-order chi connectivity index (χ0) is 21.3. The largest absolute Gasteiger partial charge is 0.497 e. The number of urea groups is 1. The SMILES string of the molecule is COc1cccc([C@H](C)NC(=O)N2CCN(c3ncnc4[nH]c(C)cc34)C[C@H]2C)c1. The Kier molecular flexibility index (Phi) is 5.48. The molecule has 1 aromatic carbocycles. The number of rotatable bonds is 4. The van der Waals surface area contributed by atoms with Crippen LogP contribution in [0.25, 0.3) is 11.0 Å². The second kappa shape index (κ2) is 8.22. The van der Waals surface area contributed by atoms with Crippen molar-refractivity contribution in [1.82, 2.24) is 25.2 Å². The topological polar surface area (TPSA) is 86.4 Å². The standard InChI is InChI=1S/C22H28N6O2/c1-14-10-19-20(25-14)23-13-24-21(19)27-8-9-28(15(2)12-27)22(29)26-16(3)17-6-5-7-18(11-17)30-4/h5-7,10-11,13,15-16H,8-9,12H2,1-4H3,(H,26,29)(H,23,24,25)/t15-,16+/m1/s1. The van der Waals surface area contributed by atoms with Crippen molar-refractivity contribution < 1.29 is 9.53 Å². The van der Waals surface area contributed by atoms with Crippen LogP contribution in [0.1, 0.15) is 31.1 Å². The van der Waals surface area contributed by atoms with Crippen LogP contribution in [0.5, 0.6) is 5.75 Å².